The van der Waals surface area contributed by atoms with Crippen molar-refractivity contribution >= 4 is 21.8 Å². The van der Waals surface area contributed by atoms with E-state index in [0.29, 0.717) is 6.54 Å². The van der Waals surface area contributed by atoms with Gasteiger partial charge in [-0.3, -0.25) is 4.21 Å². The predicted octanol–water partition coefficient (Wildman–Crippen LogP) is 1.91. The highest BCUT2D eigenvalue weighted by Crippen LogP contribution is 2.15. The van der Waals surface area contributed by atoms with E-state index in [1.165, 1.54) is 5.52 Å². The number of hydrogen-bond donors (Lipinski definition) is 1. The van der Waals surface area contributed by atoms with Crippen molar-refractivity contribution in [1.82, 2.24) is 14.9 Å². The van der Waals surface area contributed by atoms with Crippen LogP contribution in [0.2, 0.25) is 0 Å². The Morgan fingerprint density at radius 1 is 1.42 bits per heavy atom. The highest BCUT2D eigenvalue weighted by Gasteiger charge is 2.10. The highest BCUT2D eigenvalue weighted by molar-refractivity contribution is 7.84. The third-order valence-electron chi connectivity index (χ3n) is 3.33. The first-order valence-corrected chi connectivity index (χ1v) is 8.22. The molecule has 1 aromatic carbocycles. The molecule has 0 amide bonds. The summed E-state index contributed by atoms with van der Waals surface area (Å²) in [5, 5.41) is 3.51. The number of aromatic nitrogens is 2. The second kappa shape index (κ2) is 6.30. The largest absolute Gasteiger partial charge is 0.327 e. The molecule has 0 saturated heterocycles. The van der Waals surface area contributed by atoms with Crippen LogP contribution >= 0.6 is 0 Å². The third-order valence-corrected chi connectivity index (χ3v) is 4.63. The Hall–Kier alpha value is -1.20. The van der Waals surface area contributed by atoms with Crippen molar-refractivity contribution in [3.8, 4) is 0 Å². The summed E-state index contributed by atoms with van der Waals surface area (Å²) in [6.07, 6.45) is 1.74. The lowest BCUT2D eigenvalue weighted by atomic mass is 10.3. The summed E-state index contributed by atoms with van der Waals surface area (Å²) >= 11 is 0. The first-order valence-electron chi connectivity index (χ1n) is 6.60. The van der Waals surface area contributed by atoms with Crippen molar-refractivity contribution in [3.05, 3.63) is 30.1 Å². The molecule has 104 valence electrons. The Balaban J connectivity index is 2.10. The summed E-state index contributed by atoms with van der Waals surface area (Å²) in [6.45, 7) is 6.49. The van der Waals surface area contributed by atoms with Crippen molar-refractivity contribution in [2.24, 2.45) is 0 Å². The summed E-state index contributed by atoms with van der Waals surface area (Å²) in [7, 11) is -0.780. The van der Waals surface area contributed by atoms with Gasteiger partial charge in [0.25, 0.3) is 0 Å². The van der Waals surface area contributed by atoms with Crippen LogP contribution in [0.4, 0.5) is 0 Å². The first kappa shape index (κ1) is 14.2. The Morgan fingerprint density at radius 2 is 2.16 bits per heavy atom. The molecule has 0 bridgehead atoms. The van der Waals surface area contributed by atoms with Crippen LogP contribution < -0.4 is 5.32 Å². The highest BCUT2D eigenvalue weighted by atomic mass is 32.2. The third kappa shape index (κ3) is 3.22. The van der Waals surface area contributed by atoms with Crippen LogP contribution in [0.1, 0.15) is 19.7 Å². The molecule has 19 heavy (non-hydrogen) atoms. The second-order valence-corrected chi connectivity index (χ2v) is 6.50. The van der Waals surface area contributed by atoms with Gasteiger partial charge < -0.3 is 9.88 Å². The Labute approximate surface area is 116 Å². The molecular weight excluding hydrogens is 258 g/mol. The number of hydrogen-bond acceptors (Lipinski definition) is 3. The van der Waals surface area contributed by atoms with E-state index in [2.05, 4.69) is 27.9 Å². The average molecular weight is 279 g/mol. The average Bonchev–Trinajstić information content (AvgIpc) is 2.75. The minimum absolute atomic E-state index is 0.166. The Kier molecular flexibility index (Phi) is 4.71. The molecule has 4 nitrogen and oxygen atoms in total. The Bertz CT molecular complexity index is 579. The fraction of sp³-hybridized carbons (Fsp3) is 0.500. The van der Waals surface area contributed by atoms with Crippen LogP contribution in [0.3, 0.4) is 0 Å². The monoisotopic (exact) mass is 279 g/mol. The van der Waals surface area contributed by atoms with Gasteiger partial charge in [-0.15, -0.1) is 0 Å². The molecule has 2 unspecified atom stereocenters. The zero-order valence-corrected chi connectivity index (χ0v) is 12.5. The maximum atomic E-state index is 11.3. The van der Waals surface area contributed by atoms with Crippen LogP contribution in [0.5, 0.6) is 0 Å². The van der Waals surface area contributed by atoms with Gasteiger partial charge in [-0.05, 0) is 26.0 Å². The molecule has 0 aliphatic heterocycles. The van der Waals surface area contributed by atoms with E-state index in [4.69, 9.17) is 0 Å². The van der Waals surface area contributed by atoms with Gasteiger partial charge in [-0.2, -0.15) is 0 Å². The number of aryl methyl sites for hydroxylation is 1. The maximum absolute atomic E-state index is 11.3. The van der Waals surface area contributed by atoms with E-state index >= 15 is 0 Å². The van der Waals surface area contributed by atoms with Crippen molar-refractivity contribution in [2.45, 2.75) is 32.2 Å². The van der Waals surface area contributed by atoms with Crippen molar-refractivity contribution in [1.29, 1.82) is 0 Å². The lowest BCUT2D eigenvalue weighted by Crippen LogP contribution is -2.28. The van der Waals surface area contributed by atoms with Crippen LogP contribution in [0.15, 0.2) is 24.3 Å². The zero-order chi connectivity index (χ0) is 13.8. The molecule has 0 spiro atoms. The van der Waals surface area contributed by atoms with Crippen LogP contribution in [0, 0.1) is 0 Å². The molecule has 0 aliphatic carbocycles. The van der Waals surface area contributed by atoms with E-state index in [9.17, 15) is 4.21 Å². The van der Waals surface area contributed by atoms with Crippen molar-refractivity contribution < 1.29 is 4.21 Å². The van der Waals surface area contributed by atoms with E-state index in [1.807, 2.05) is 25.1 Å². The summed E-state index contributed by atoms with van der Waals surface area (Å²) in [6, 6.07) is 8.18. The molecular formula is C14H21N3OS. The Morgan fingerprint density at radius 3 is 2.84 bits per heavy atom. The lowest BCUT2D eigenvalue weighted by molar-refractivity contribution is 0.609. The van der Waals surface area contributed by atoms with Crippen LogP contribution in [0.25, 0.3) is 11.0 Å². The number of imidazole rings is 1. The van der Waals surface area contributed by atoms with Gasteiger partial charge >= 0.3 is 0 Å². The van der Waals surface area contributed by atoms with Gasteiger partial charge in [0.2, 0.25) is 0 Å². The predicted molar refractivity (Wildman–Crippen MR) is 80.6 cm³/mol. The molecule has 2 atom stereocenters. The van der Waals surface area contributed by atoms with Crippen molar-refractivity contribution in [3.63, 3.8) is 0 Å². The number of rotatable bonds is 6. The molecule has 0 saturated carbocycles. The molecule has 2 rings (SSSR count). The molecule has 1 aromatic heterocycles. The van der Waals surface area contributed by atoms with E-state index in [-0.39, 0.29) is 5.25 Å². The van der Waals surface area contributed by atoms with Gasteiger partial charge in [-0.25, -0.2) is 4.98 Å². The molecule has 1 heterocycles. The normalized spacial score (nSPS) is 14.7. The van der Waals surface area contributed by atoms with Gasteiger partial charge in [0.1, 0.15) is 5.82 Å². The van der Waals surface area contributed by atoms with Gasteiger partial charge in [-0.1, -0.05) is 12.1 Å². The summed E-state index contributed by atoms with van der Waals surface area (Å²) in [5.41, 5.74) is 2.21. The van der Waals surface area contributed by atoms with Crippen LogP contribution in [-0.4, -0.2) is 31.8 Å². The quantitative estimate of drug-likeness (QED) is 0.878. The van der Waals surface area contributed by atoms with E-state index < -0.39 is 10.8 Å². The van der Waals surface area contributed by atoms with Gasteiger partial charge in [0.05, 0.1) is 17.6 Å². The minimum Gasteiger partial charge on any atom is -0.327 e. The summed E-state index contributed by atoms with van der Waals surface area (Å²) in [5.74, 6) is 1.04. The number of para-hydroxylation sites is 2. The molecule has 0 aliphatic rings. The second-order valence-electron chi connectivity index (χ2n) is 4.70. The fourth-order valence-corrected chi connectivity index (χ4v) is 2.47. The molecule has 2 aromatic rings. The van der Waals surface area contributed by atoms with Gasteiger partial charge in [0, 0.05) is 35.4 Å². The van der Waals surface area contributed by atoms with Crippen LogP contribution in [-0.2, 0) is 23.9 Å². The topological polar surface area (TPSA) is 46.9 Å². The van der Waals surface area contributed by atoms with Gasteiger partial charge in [0.15, 0.2) is 0 Å². The van der Waals surface area contributed by atoms with E-state index in [1.54, 1.807) is 6.26 Å². The molecule has 5 heteroatoms. The molecule has 0 fully saturated rings. The molecule has 0 radical (unpaired) electrons. The summed E-state index contributed by atoms with van der Waals surface area (Å²) in [4.78, 5) is 4.65. The number of nitrogens with zero attached hydrogens (tertiary/aromatic N) is 2. The van der Waals surface area contributed by atoms with E-state index in [0.717, 1.165) is 24.4 Å². The number of nitrogens with one attached hydrogen (secondary N) is 1. The standard InChI is InChI=1S/C14H21N3OS/c1-4-17-13-8-6-5-7-12(13)16-14(17)10-15-9-11(2)19(3)18/h5-8,11,15H,4,9-10H2,1-3H3. The lowest BCUT2D eigenvalue weighted by Gasteiger charge is -2.10. The SMILES string of the molecule is CCn1c(CNCC(C)S(C)=O)nc2ccccc21. The number of fused-ring (bicyclic) bond motifs is 1. The minimum atomic E-state index is -0.780. The van der Waals surface area contributed by atoms with Crippen molar-refractivity contribution in [2.75, 3.05) is 12.8 Å². The molecule has 1 N–H and O–H groups in total. The number of benzene rings is 1. The summed E-state index contributed by atoms with van der Waals surface area (Å²) < 4.78 is 13.5. The zero-order valence-electron chi connectivity index (χ0n) is 11.7. The maximum Gasteiger partial charge on any atom is 0.123 e. The smallest absolute Gasteiger partial charge is 0.123 e. The fourth-order valence-electron chi connectivity index (χ4n) is 2.12. The first-order chi connectivity index (χ1) is 9.13.